The van der Waals surface area contributed by atoms with E-state index in [2.05, 4.69) is 0 Å². The van der Waals surface area contributed by atoms with E-state index in [1.165, 1.54) is 5.06 Å². The number of hydrogen-bond acceptors (Lipinski definition) is 4. The van der Waals surface area contributed by atoms with E-state index in [0.717, 1.165) is 6.42 Å². The fourth-order valence-corrected chi connectivity index (χ4v) is 2.40. The molecule has 7 heteroatoms. The van der Waals surface area contributed by atoms with Crippen LogP contribution < -0.4 is 5.73 Å². The minimum absolute atomic E-state index is 0.243. The van der Waals surface area contributed by atoms with Gasteiger partial charge < -0.3 is 15.4 Å². The number of hydrogen-bond donors (Lipinski definition) is 1. The van der Waals surface area contributed by atoms with Crippen LogP contribution in [0.1, 0.15) is 13.3 Å². The lowest BCUT2D eigenvalue weighted by Gasteiger charge is -2.27. The zero-order valence-corrected chi connectivity index (χ0v) is 11.2. The van der Waals surface area contributed by atoms with Crippen molar-refractivity contribution >= 4 is 11.9 Å². The largest absolute Gasteiger partial charge is 0.382 e. The van der Waals surface area contributed by atoms with E-state index in [4.69, 9.17) is 15.3 Å². The maximum Gasteiger partial charge on any atom is 0.345 e. The van der Waals surface area contributed by atoms with Gasteiger partial charge in [-0.15, -0.1) is 0 Å². The summed E-state index contributed by atoms with van der Waals surface area (Å²) < 4.78 is 5.07. The van der Waals surface area contributed by atoms with Gasteiger partial charge in [0.1, 0.15) is 6.04 Å². The van der Waals surface area contributed by atoms with Crippen LogP contribution in [0.3, 0.4) is 0 Å². The molecule has 2 heterocycles. The van der Waals surface area contributed by atoms with Crippen LogP contribution in [-0.4, -0.2) is 60.9 Å². The molecule has 0 aromatic rings. The van der Waals surface area contributed by atoms with E-state index in [0.29, 0.717) is 25.3 Å². The lowest BCUT2D eigenvalue weighted by molar-refractivity contribution is -0.128. The predicted molar refractivity (Wildman–Crippen MR) is 66.9 cm³/mol. The van der Waals surface area contributed by atoms with E-state index >= 15 is 0 Å². The number of nitrogens with two attached hydrogens (primary N) is 1. The summed E-state index contributed by atoms with van der Waals surface area (Å²) in [5, 5.41) is 1.26. The van der Waals surface area contributed by atoms with Crippen LogP contribution in [0.4, 0.5) is 4.79 Å². The maximum atomic E-state index is 12.2. The Labute approximate surface area is 111 Å². The molecule has 1 saturated heterocycles. The molecule has 2 aliphatic rings. The summed E-state index contributed by atoms with van der Waals surface area (Å²) >= 11 is 0. The lowest BCUT2D eigenvalue weighted by Crippen LogP contribution is -2.43. The molecule has 3 amide bonds. The molecule has 2 N–H and O–H groups in total. The lowest BCUT2D eigenvalue weighted by atomic mass is 10.00. The van der Waals surface area contributed by atoms with Gasteiger partial charge in [0, 0.05) is 12.7 Å². The van der Waals surface area contributed by atoms with Crippen molar-refractivity contribution in [2.24, 2.45) is 5.73 Å². The zero-order valence-electron chi connectivity index (χ0n) is 11.2. The predicted octanol–water partition coefficient (Wildman–Crippen LogP) is -0.125. The second-order valence-electron chi connectivity index (χ2n) is 4.62. The third kappa shape index (κ3) is 2.43. The van der Waals surface area contributed by atoms with Crippen LogP contribution in [0.15, 0.2) is 11.6 Å². The highest BCUT2D eigenvalue weighted by Crippen LogP contribution is 2.30. The first kappa shape index (κ1) is 13.8. The molecule has 2 aliphatic heterocycles. The fraction of sp³-hybridized carbons (Fsp3) is 0.667. The average molecular weight is 269 g/mol. The molecular formula is C12H19N3O4. The number of urea groups is 1. The van der Waals surface area contributed by atoms with E-state index in [-0.39, 0.29) is 12.1 Å². The third-order valence-electron chi connectivity index (χ3n) is 3.27. The van der Waals surface area contributed by atoms with Gasteiger partial charge >= 0.3 is 6.03 Å². The number of rotatable bonds is 6. The Bertz CT molecular complexity index is 410. The molecular weight excluding hydrogens is 250 g/mol. The molecule has 2 unspecified atom stereocenters. The topological polar surface area (TPSA) is 85.1 Å². The Morgan fingerprint density at radius 2 is 2.32 bits per heavy atom. The molecule has 2 bridgehead atoms. The molecule has 0 aliphatic carbocycles. The van der Waals surface area contributed by atoms with Gasteiger partial charge in [-0.2, -0.15) is 5.06 Å². The Kier molecular flexibility index (Phi) is 4.06. The van der Waals surface area contributed by atoms with Gasteiger partial charge in [-0.25, -0.2) is 4.79 Å². The number of nitrogens with zero attached hydrogens (tertiary/aromatic N) is 2. The second-order valence-corrected chi connectivity index (χ2v) is 4.62. The number of primary amides is 1. The molecule has 0 radical (unpaired) electrons. The molecule has 106 valence electrons. The van der Waals surface area contributed by atoms with Gasteiger partial charge in [0.15, 0.2) is 0 Å². The smallest absolute Gasteiger partial charge is 0.345 e. The number of methoxy groups -OCH3 is 1. The van der Waals surface area contributed by atoms with E-state index in [9.17, 15) is 9.59 Å². The van der Waals surface area contributed by atoms with Crippen LogP contribution in [0, 0.1) is 0 Å². The summed E-state index contributed by atoms with van der Waals surface area (Å²) in [5.74, 6) is -0.523. The minimum Gasteiger partial charge on any atom is -0.382 e. The van der Waals surface area contributed by atoms with Gasteiger partial charge in [-0.05, 0) is 12.5 Å². The van der Waals surface area contributed by atoms with Gasteiger partial charge in [-0.1, -0.05) is 6.92 Å². The molecule has 0 aromatic heterocycles. The SMILES string of the molecule is CCCON1C(=O)N2CC1C(C(N)=O)=CC2COC. The molecule has 0 spiro atoms. The Balaban J connectivity index is 2.25. The van der Waals surface area contributed by atoms with Crippen molar-refractivity contribution in [2.45, 2.75) is 25.4 Å². The summed E-state index contributed by atoms with van der Waals surface area (Å²) in [7, 11) is 1.55. The van der Waals surface area contributed by atoms with Crippen LogP contribution >= 0.6 is 0 Å². The van der Waals surface area contributed by atoms with Crippen molar-refractivity contribution in [1.82, 2.24) is 9.96 Å². The minimum atomic E-state index is -0.523. The quantitative estimate of drug-likeness (QED) is 0.728. The van der Waals surface area contributed by atoms with Crippen LogP contribution in [0.5, 0.6) is 0 Å². The molecule has 2 atom stereocenters. The van der Waals surface area contributed by atoms with Gasteiger partial charge in [-0.3, -0.25) is 9.63 Å². The summed E-state index contributed by atoms with van der Waals surface area (Å²) in [6.07, 6.45) is 2.49. The summed E-state index contributed by atoms with van der Waals surface area (Å²) in [5.41, 5.74) is 5.80. The summed E-state index contributed by atoms with van der Waals surface area (Å²) in [6, 6.07) is -0.927. The van der Waals surface area contributed by atoms with E-state index in [1.807, 2.05) is 6.92 Å². The van der Waals surface area contributed by atoms with Gasteiger partial charge in [0.05, 0.1) is 25.8 Å². The molecule has 0 aromatic carbocycles. The highest BCUT2D eigenvalue weighted by Gasteiger charge is 2.47. The Morgan fingerprint density at radius 1 is 1.58 bits per heavy atom. The number of fused-ring (bicyclic) bond motifs is 2. The average Bonchev–Trinajstić information content (AvgIpc) is 2.64. The van der Waals surface area contributed by atoms with E-state index < -0.39 is 11.9 Å². The number of ether oxygens (including phenoxy) is 1. The number of amides is 3. The number of hydroxylamine groups is 2. The first-order chi connectivity index (χ1) is 9.10. The second kappa shape index (κ2) is 5.58. The van der Waals surface area contributed by atoms with Crippen LogP contribution in [0.2, 0.25) is 0 Å². The Morgan fingerprint density at radius 3 is 2.89 bits per heavy atom. The van der Waals surface area contributed by atoms with Crippen molar-refractivity contribution in [3.63, 3.8) is 0 Å². The van der Waals surface area contributed by atoms with E-state index in [1.54, 1.807) is 18.1 Å². The maximum absolute atomic E-state index is 12.2. The number of carbonyl (C=O) groups is 2. The highest BCUT2D eigenvalue weighted by atomic mass is 16.7. The van der Waals surface area contributed by atoms with Crippen LogP contribution in [-0.2, 0) is 14.4 Å². The van der Waals surface area contributed by atoms with Crippen molar-refractivity contribution in [1.29, 1.82) is 0 Å². The zero-order chi connectivity index (χ0) is 14.0. The van der Waals surface area contributed by atoms with Crippen molar-refractivity contribution in [2.75, 3.05) is 26.9 Å². The summed E-state index contributed by atoms with van der Waals surface area (Å²) in [6.45, 7) is 3.12. The van der Waals surface area contributed by atoms with Crippen molar-refractivity contribution < 1.29 is 19.2 Å². The first-order valence-electron chi connectivity index (χ1n) is 6.33. The standard InChI is InChI=1S/C12H19N3O4/c1-3-4-19-15-10-6-14(12(15)17)8(7-18-2)5-9(10)11(13)16/h5,8,10H,3-4,6-7H2,1-2H3,(H2,13,16). The van der Waals surface area contributed by atoms with Crippen molar-refractivity contribution in [3.8, 4) is 0 Å². The molecule has 0 saturated carbocycles. The Hall–Kier alpha value is -1.60. The highest BCUT2D eigenvalue weighted by molar-refractivity contribution is 5.96. The molecule has 1 fully saturated rings. The molecule has 2 rings (SSSR count). The summed E-state index contributed by atoms with van der Waals surface area (Å²) in [4.78, 5) is 30.8. The van der Waals surface area contributed by atoms with Gasteiger partial charge in [0.2, 0.25) is 5.91 Å². The monoisotopic (exact) mass is 269 g/mol. The van der Waals surface area contributed by atoms with Crippen LogP contribution in [0.25, 0.3) is 0 Å². The van der Waals surface area contributed by atoms with Gasteiger partial charge in [0.25, 0.3) is 0 Å². The first-order valence-corrected chi connectivity index (χ1v) is 6.33. The fourth-order valence-electron chi connectivity index (χ4n) is 2.40. The third-order valence-corrected chi connectivity index (χ3v) is 3.27. The molecule has 7 nitrogen and oxygen atoms in total. The van der Waals surface area contributed by atoms with Crippen molar-refractivity contribution in [3.05, 3.63) is 11.6 Å². The number of carbonyl (C=O) groups excluding carboxylic acids is 2. The normalized spacial score (nSPS) is 25.8. The molecule has 19 heavy (non-hydrogen) atoms.